The van der Waals surface area contributed by atoms with Crippen LogP contribution in [-0.4, -0.2) is 14.2 Å². The Bertz CT molecular complexity index is 604. The summed E-state index contributed by atoms with van der Waals surface area (Å²) in [6.07, 6.45) is 0. The Morgan fingerprint density at radius 1 is 1.25 bits per heavy atom. The minimum atomic E-state index is -0.261. The Kier molecular flexibility index (Phi) is 5.02. The molecule has 2 aromatic rings. The van der Waals surface area contributed by atoms with Gasteiger partial charge in [0.05, 0.1) is 17.6 Å². The van der Waals surface area contributed by atoms with E-state index >= 15 is 0 Å². The van der Waals surface area contributed by atoms with E-state index in [-0.39, 0.29) is 11.9 Å². The van der Waals surface area contributed by atoms with Crippen molar-refractivity contribution in [2.24, 2.45) is 0 Å². The molecular weight excluding hydrogens is 345 g/mol. The summed E-state index contributed by atoms with van der Waals surface area (Å²) in [7, 11) is 3.44. The van der Waals surface area contributed by atoms with Crippen molar-refractivity contribution >= 4 is 27.5 Å². The van der Waals surface area contributed by atoms with E-state index in [4.69, 9.17) is 16.3 Å². The number of hydrogen-bond donors (Lipinski definition) is 1. The molecule has 0 saturated heterocycles. The summed E-state index contributed by atoms with van der Waals surface area (Å²) in [6.45, 7) is 0. The molecule has 0 aliphatic carbocycles. The third kappa shape index (κ3) is 3.14. The summed E-state index contributed by atoms with van der Waals surface area (Å²) < 4.78 is 19.3. The maximum Gasteiger partial charge on any atom is 0.138 e. The van der Waals surface area contributed by atoms with E-state index in [2.05, 4.69) is 21.2 Å². The van der Waals surface area contributed by atoms with E-state index in [1.54, 1.807) is 25.3 Å². The Morgan fingerprint density at radius 3 is 2.45 bits per heavy atom. The number of methoxy groups -OCH3 is 1. The van der Waals surface area contributed by atoms with Crippen molar-refractivity contribution in [1.82, 2.24) is 5.32 Å². The van der Waals surface area contributed by atoms with Crippen molar-refractivity contribution in [2.75, 3.05) is 14.2 Å². The number of nitrogens with one attached hydrogen (secondary N) is 1. The number of rotatable bonds is 4. The molecule has 0 aliphatic rings. The zero-order valence-corrected chi connectivity index (χ0v) is 13.4. The van der Waals surface area contributed by atoms with Gasteiger partial charge in [-0.25, -0.2) is 4.39 Å². The van der Waals surface area contributed by atoms with Gasteiger partial charge in [0.15, 0.2) is 0 Å². The second kappa shape index (κ2) is 6.57. The van der Waals surface area contributed by atoms with Gasteiger partial charge in [0.25, 0.3) is 0 Å². The zero-order valence-electron chi connectivity index (χ0n) is 11.1. The Labute approximate surface area is 131 Å². The van der Waals surface area contributed by atoms with Gasteiger partial charge in [0, 0.05) is 10.6 Å². The van der Waals surface area contributed by atoms with Gasteiger partial charge in [-0.3, -0.25) is 0 Å². The molecule has 0 bridgehead atoms. The lowest BCUT2D eigenvalue weighted by molar-refractivity contribution is 0.402. The second-order valence-electron chi connectivity index (χ2n) is 4.28. The maximum absolute atomic E-state index is 13.1. The van der Waals surface area contributed by atoms with Crippen molar-refractivity contribution in [3.63, 3.8) is 0 Å². The van der Waals surface area contributed by atoms with Crippen LogP contribution in [0.3, 0.4) is 0 Å². The third-order valence-corrected chi connectivity index (χ3v) is 3.85. The van der Waals surface area contributed by atoms with Gasteiger partial charge in [-0.15, -0.1) is 0 Å². The molecule has 0 heterocycles. The maximum atomic E-state index is 13.1. The number of benzene rings is 2. The van der Waals surface area contributed by atoms with Crippen LogP contribution in [0, 0.1) is 5.82 Å². The van der Waals surface area contributed by atoms with Crippen molar-refractivity contribution in [2.45, 2.75) is 6.04 Å². The summed E-state index contributed by atoms with van der Waals surface area (Å²) in [5.41, 5.74) is 1.82. The average molecular weight is 359 g/mol. The number of ether oxygens (including phenoxy) is 1. The Morgan fingerprint density at radius 2 is 1.90 bits per heavy atom. The van der Waals surface area contributed by atoms with Crippen molar-refractivity contribution < 1.29 is 9.13 Å². The summed E-state index contributed by atoms with van der Waals surface area (Å²) in [5, 5.41) is 3.81. The lowest BCUT2D eigenvalue weighted by Gasteiger charge is -2.21. The van der Waals surface area contributed by atoms with Crippen molar-refractivity contribution in [3.05, 3.63) is 62.8 Å². The van der Waals surface area contributed by atoms with E-state index in [1.807, 2.05) is 13.1 Å². The standard InChI is InChI=1S/C15H14BrClFNO/c1-19-14(9-3-5-11(18)6-4-9)12-7-10(17)8-13(16)15(12)20-2/h3-8,14,19H,1-2H3. The first-order valence-corrected chi connectivity index (χ1v) is 7.19. The first kappa shape index (κ1) is 15.3. The van der Waals surface area contributed by atoms with Crippen LogP contribution in [0.15, 0.2) is 40.9 Å². The highest BCUT2D eigenvalue weighted by molar-refractivity contribution is 9.10. The smallest absolute Gasteiger partial charge is 0.138 e. The van der Waals surface area contributed by atoms with Gasteiger partial charge in [0.2, 0.25) is 0 Å². The van der Waals surface area contributed by atoms with Crippen molar-refractivity contribution in [1.29, 1.82) is 0 Å². The van der Waals surface area contributed by atoms with Gasteiger partial charge in [-0.1, -0.05) is 23.7 Å². The van der Waals surface area contributed by atoms with E-state index in [9.17, 15) is 4.39 Å². The van der Waals surface area contributed by atoms with Crippen LogP contribution >= 0.6 is 27.5 Å². The highest BCUT2D eigenvalue weighted by atomic mass is 79.9. The fourth-order valence-corrected chi connectivity index (χ4v) is 3.16. The topological polar surface area (TPSA) is 21.3 Å². The van der Waals surface area contributed by atoms with E-state index in [0.717, 1.165) is 15.6 Å². The van der Waals surface area contributed by atoms with Crippen molar-refractivity contribution in [3.8, 4) is 5.75 Å². The normalized spacial score (nSPS) is 12.2. The van der Waals surface area contributed by atoms with E-state index in [0.29, 0.717) is 10.8 Å². The second-order valence-corrected chi connectivity index (χ2v) is 5.57. The molecule has 0 aliphatic heterocycles. The molecule has 106 valence electrons. The molecule has 1 N–H and O–H groups in total. The molecule has 20 heavy (non-hydrogen) atoms. The highest BCUT2D eigenvalue weighted by Crippen LogP contribution is 2.38. The predicted molar refractivity (Wildman–Crippen MR) is 83.0 cm³/mol. The molecular formula is C15H14BrClFNO. The van der Waals surface area contributed by atoms with Crippen LogP contribution in [-0.2, 0) is 0 Å². The van der Waals surface area contributed by atoms with Gasteiger partial charge in [-0.2, -0.15) is 0 Å². The predicted octanol–water partition coefficient (Wildman–Crippen LogP) is 4.56. The summed E-state index contributed by atoms with van der Waals surface area (Å²) in [5.74, 6) is 0.445. The molecule has 0 radical (unpaired) electrons. The molecule has 0 fully saturated rings. The van der Waals surface area contributed by atoms with Crippen LogP contribution < -0.4 is 10.1 Å². The molecule has 2 nitrogen and oxygen atoms in total. The van der Waals surface area contributed by atoms with E-state index in [1.165, 1.54) is 12.1 Å². The third-order valence-electron chi connectivity index (χ3n) is 3.04. The van der Waals surface area contributed by atoms with Crippen LogP contribution in [0.1, 0.15) is 17.2 Å². The SMILES string of the molecule is CNC(c1ccc(F)cc1)c1cc(Cl)cc(Br)c1OC. The molecule has 1 atom stereocenters. The van der Waals surface area contributed by atoms with Crippen LogP contribution in [0.2, 0.25) is 5.02 Å². The summed E-state index contributed by atoms with van der Waals surface area (Å²) in [4.78, 5) is 0. The fourth-order valence-electron chi connectivity index (χ4n) is 2.17. The first-order valence-electron chi connectivity index (χ1n) is 6.02. The molecule has 2 aromatic carbocycles. The molecule has 0 aromatic heterocycles. The van der Waals surface area contributed by atoms with E-state index < -0.39 is 0 Å². The molecule has 0 amide bonds. The highest BCUT2D eigenvalue weighted by Gasteiger charge is 2.19. The molecule has 1 unspecified atom stereocenters. The average Bonchev–Trinajstić information content (AvgIpc) is 2.41. The fraction of sp³-hybridized carbons (Fsp3) is 0.200. The zero-order chi connectivity index (χ0) is 14.7. The minimum absolute atomic E-state index is 0.138. The number of halogens is 3. The molecule has 0 spiro atoms. The van der Waals surface area contributed by atoms with Gasteiger partial charge in [0.1, 0.15) is 11.6 Å². The van der Waals surface area contributed by atoms with Gasteiger partial charge in [-0.05, 0) is 52.8 Å². The molecule has 0 saturated carbocycles. The van der Waals surface area contributed by atoms with Crippen LogP contribution in [0.25, 0.3) is 0 Å². The molecule has 5 heteroatoms. The summed E-state index contributed by atoms with van der Waals surface area (Å²) >= 11 is 9.56. The Balaban J connectivity index is 2.54. The van der Waals surface area contributed by atoms with Crippen LogP contribution in [0.5, 0.6) is 5.75 Å². The monoisotopic (exact) mass is 357 g/mol. The minimum Gasteiger partial charge on any atom is -0.495 e. The number of hydrogen-bond acceptors (Lipinski definition) is 2. The summed E-state index contributed by atoms with van der Waals surface area (Å²) in [6, 6.07) is 9.84. The first-order chi connectivity index (χ1) is 9.56. The van der Waals surface area contributed by atoms with Gasteiger partial charge < -0.3 is 10.1 Å². The lowest BCUT2D eigenvalue weighted by atomic mass is 9.98. The molecule has 2 rings (SSSR count). The largest absolute Gasteiger partial charge is 0.495 e. The van der Waals surface area contributed by atoms with Gasteiger partial charge >= 0.3 is 0 Å². The quantitative estimate of drug-likeness (QED) is 0.865. The van der Waals surface area contributed by atoms with Crippen LogP contribution in [0.4, 0.5) is 4.39 Å². The lowest BCUT2D eigenvalue weighted by Crippen LogP contribution is -2.18. The Hall–Kier alpha value is -1.10.